The summed E-state index contributed by atoms with van der Waals surface area (Å²) in [7, 11) is 0. The molecule has 3 heteroatoms. The minimum atomic E-state index is -0.127. The average Bonchev–Trinajstić information content (AvgIpc) is 2.12. The van der Waals surface area contributed by atoms with Crippen molar-refractivity contribution in [3.63, 3.8) is 0 Å². The Balaban J connectivity index is 2.81. The summed E-state index contributed by atoms with van der Waals surface area (Å²) in [6, 6.07) is 3.51. The van der Waals surface area contributed by atoms with Crippen LogP contribution < -0.4 is 5.73 Å². The van der Waals surface area contributed by atoms with E-state index in [0.29, 0.717) is 17.8 Å². The molecule has 1 aromatic carbocycles. The Morgan fingerprint density at radius 3 is 2.50 bits per heavy atom. The first-order valence-electron chi connectivity index (χ1n) is 5.44. The monoisotopic (exact) mass is 239 g/mol. The second-order valence-electron chi connectivity index (χ2n) is 4.51. The predicted molar refractivity (Wildman–Crippen MR) is 70.1 cm³/mol. The molecule has 0 bridgehead atoms. The fourth-order valence-electron chi connectivity index (χ4n) is 1.79. The first-order valence-corrected chi connectivity index (χ1v) is 5.85. The van der Waals surface area contributed by atoms with E-state index in [2.05, 4.69) is 0 Å². The highest BCUT2D eigenvalue weighted by Crippen LogP contribution is 2.19. The molecule has 16 heavy (non-hydrogen) atoms. The molecule has 0 radical (unpaired) electrons. The van der Waals surface area contributed by atoms with Gasteiger partial charge in [0.05, 0.1) is 4.99 Å². The third-order valence-corrected chi connectivity index (χ3v) is 2.95. The number of nitrogens with two attached hydrogens (primary N) is 1. The normalized spacial score (nSPS) is 12.5. The van der Waals surface area contributed by atoms with Crippen LogP contribution in [0.2, 0.25) is 0 Å². The van der Waals surface area contributed by atoms with Gasteiger partial charge < -0.3 is 5.73 Å². The SMILES string of the molecule is Cc1cc(F)c(CC(C)CC(N)=S)cc1C. The topological polar surface area (TPSA) is 26.0 Å². The zero-order chi connectivity index (χ0) is 12.3. The van der Waals surface area contributed by atoms with Gasteiger partial charge in [0, 0.05) is 6.42 Å². The smallest absolute Gasteiger partial charge is 0.126 e. The standard InChI is InChI=1S/C13H18FNS/c1-8(5-13(15)16)4-11-6-9(2)10(3)7-12(11)14/h6-8H,4-5H2,1-3H3,(H2,15,16). The molecule has 1 aromatic rings. The van der Waals surface area contributed by atoms with Crippen LogP contribution in [0, 0.1) is 25.6 Å². The molecule has 0 aromatic heterocycles. The lowest BCUT2D eigenvalue weighted by molar-refractivity contribution is 0.557. The Bertz CT molecular complexity index is 401. The highest BCUT2D eigenvalue weighted by Gasteiger charge is 2.10. The third-order valence-electron chi connectivity index (χ3n) is 2.78. The first kappa shape index (κ1) is 13.1. The van der Waals surface area contributed by atoms with Crippen LogP contribution in [0.1, 0.15) is 30.0 Å². The van der Waals surface area contributed by atoms with E-state index in [9.17, 15) is 4.39 Å². The van der Waals surface area contributed by atoms with Gasteiger partial charge in [0.1, 0.15) is 5.82 Å². The number of hydrogen-bond acceptors (Lipinski definition) is 1. The van der Waals surface area contributed by atoms with Crippen molar-refractivity contribution in [2.24, 2.45) is 11.7 Å². The lowest BCUT2D eigenvalue weighted by Gasteiger charge is -2.12. The number of aryl methyl sites for hydroxylation is 2. The third kappa shape index (κ3) is 3.56. The van der Waals surface area contributed by atoms with Crippen LogP contribution in [0.3, 0.4) is 0 Å². The van der Waals surface area contributed by atoms with Crippen LogP contribution in [0.5, 0.6) is 0 Å². The summed E-state index contributed by atoms with van der Waals surface area (Å²) in [5.74, 6) is 0.159. The van der Waals surface area contributed by atoms with Crippen molar-refractivity contribution in [3.05, 3.63) is 34.6 Å². The van der Waals surface area contributed by atoms with E-state index >= 15 is 0 Å². The molecular formula is C13H18FNS. The van der Waals surface area contributed by atoms with Gasteiger partial charge in [-0.2, -0.15) is 0 Å². The van der Waals surface area contributed by atoms with E-state index in [1.807, 2.05) is 26.8 Å². The molecule has 1 unspecified atom stereocenters. The molecule has 2 N–H and O–H groups in total. The van der Waals surface area contributed by atoms with Crippen LogP contribution in [-0.2, 0) is 6.42 Å². The van der Waals surface area contributed by atoms with Crippen molar-refractivity contribution in [2.75, 3.05) is 0 Å². The van der Waals surface area contributed by atoms with Gasteiger partial charge in [-0.1, -0.05) is 25.2 Å². The molecule has 0 heterocycles. The minimum Gasteiger partial charge on any atom is -0.393 e. The minimum absolute atomic E-state index is 0.127. The van der Waals surface area contributed by atoms with Gasteiger partial charge in [-0.3, -0.25) is 0 Å². The quantitative estimate of drug-likeness (QED) is 0.816. The van der Waals surface area contributed by atoms with E-state index < -0.39 is 0 Å². The van der Waals surface area contributed by atoms with Crippen molar-refractivity contribution in [2.45, 2.75) is 33.6 Å². The highest BCUT2D eigenvalue weighted by molar-refractivity contribution is 7.80. The maximum Gasteiger partial charge on any atom is 0.126 e. The van der Waals surface area contributed by atoms with Gasteiger partial charge in [-0.15, -0.1) is 0 Å². The summed E-state index contributed by atoms with van der Waals surface area (Å²) in [5.41, 5.74) is 8.35. The van der Waals surface area contributed by atoms with Crippen LogP contribution in [-0.4, -0.2) is 4.99 Å². The van der Waals surface area contributed by atoms with Crippen molar-refractivity contribution in [1.29, 1.82) is 0 Å². The Labute approximate surface area is 102 Å². The molecule has 0 saturated heterocycles. The largest absolute Gasteiger partial charge is 0.393 e. The maximum atomic E-state index is 13.7. The molecule has 0 aliphatic rings. The van der Waals surface area contributed by atoms with Crippen LogP contribution in [0.15, 0.2) is 12.1 Å². The average molecular weight is 239 g/mol. The van der Waals surface area contributed by atoms with Gasteiger partial charge in [0.25, 0.3) is 0 Å². The van der Waals surface area contributed by atoms with E-state index in [1.54, 1.807) is 6.07 Å². The fraction of sp³-hybridized carbons (Fsp3) is 0.462. The number of halogens is 1. The van der Waals surface area contributed by atoms with E-state index in [4.69, 9.17) is 18.0 Å². The zero-order valence-electron chi connectivity index (χ0n) is 10.0. The molecule has 88 valence electrons. The van der Waals surface area contributed by atoms with Crippen molar-refractivity contribution in [3.8, 4) is 0 Å². The summed E-state index contributed by atoms with van der Waals surface area (Å²) < 4.78 is 13.7. The summed E-state index contributed by atoms with van der Waals surface area (Å²) >= 11 is 4.85. The van der Waals surface area contributed by atoms with Crippen LogP contribution in [0.4, 0.5) is 4.39 Å². The van der Waals surface area contributed by atoms with Crippen molar-refractivity contribution in [1.82, 2.24) is 0 Å². The number of rotatable bonds is 4. The van der Waals surface area contributed by atoms with Crippen molar-refractivity contribution >= 4 is 17.2 Å². The fourth-order valence-corrected chi connectivity index (χ4v) is 2.07. The Morgan fingerprint density at radius 1 is 1.38 bits per heavy atom. The number of benzene rings is 1. The lowest BCUT2D eigenvalue weighted by atomic mass is 9.95. The van der Waals surface area contributed by atoms with Crippen LogP contribution in [0.25, 0.3) is 0 Å². The van der Waals surface area contributed by atoms with E-state index in [0.717, 1.165) is 16.7 Å². The number of thiocarbonyl (C=S) groups is 1. The van der Waals surface area contributed by atoms with Gasteiger partial charge in [0.2, 0.25) is 0 Å². The molecule has 1 rings (SSSR count). The summed E-state index contributed by atoms with van der Waals surface area (Å²) in [4.78, 5) is 0.497. The van der Waals surface area contributed by atoms with Gasteiger partial charge >= 0.3 is 0 Å². The maximum absolute atomic E-state index is 13.7. The molecule has 1 nitrogen and oxygen atoms in total. The Hall–Kier alpha value is -0.960. The molecule has 0 amide bonds. The van der Waals surface area contributed by atoms with Gasteiger partial charge in [-0.25, -0.2) is 4.39 Å². The van der Waals surface area contributed by atoms with E-state index in [-0.39, 0.29) is 11.7 Å². The molecule has 1 atom stereocenters. The summed E-state index contributed by atoms with van der Waals surface area (Å²) in [6.07, 6.45) is 1.35. The van der Waals surface area contributed by atoms with E-state index in [1.165, 1.54) is 0 Å². The van der Waals surface area contributed by atoms with Gasteiger partial charge in [-0.05, 0) is 48.9 Å². The highest BCUT2D eigenvalue weighted by atomic mass is 32.1. The molecule has 0 aliphatic carbocycles. The first-order chi connectivity index (χ1) is 7.40. The predicted octanol–water partition coefficient (Wildman–Crippen LogP) is 3.30. The zero-order valence-corrected chi connectivity index (χ0v) is 10.8. The second-order valence-corrected chi connectivity index (χ2v) is 5.03. The molecule has 0 spiro atoms. The second kappa shape index (κ2) is 5.39. The number of hydrogen-bond donors (Lipinski definition) is 1. The summed E-state index contributed by atoms with van der Waals surface area (Å²) in [5, 5.41) is 0. The van der Waals surface area contributed by atoms with Gasteiger partial charge in [0.15, 0.2) is 0 Å². The summed E-state index contributed by atoms with van der Waals surface area (Å²) in [6.45, 7) is 5.95. The van der Waals surface area contributed by atoms with Crippen LogP contribution >= 0.6 is 12.2 Å². The molecule has 0 fully saturated rings. The Kier molecular flexibility index (Phi) is 4.42. The van der Waals surface area contributed by atoms with Crippen molar-refractivity contribution < 1.29 is 4.39 Å². The molecular weight excluding hydrogens is 221 g/mol. The Morgan fingerprint density at radius 2 is 1.94 bits per heavy atom. The molecule has 0 aliphatic heterocycles. The lowest BCUT2D eigenvalue weighted by Crippen LogP contribution is -2.14. The molecule has 0 saturated carbocycles.